The van der Waals surface area contributed by atoms with E-state index in [2.05, 4.69) is 9.71 Å². The summed E-state index contributed by atoms with van der Waals surface area (Å²) in [7, 11) is -0.414. The van der Waals surface area contributed by atoms with E-state index in [0.717, 1.165) is 11.9 Å². The number of anilines is 1. The molecule has 0 fully saturated rings. The number of ether oxygens (including phenoxy) is 1. The Labute approximate surface area is 130 Å². The smallest absolute Gasteiger partial charge is 0.480 e. The summed E-state index contributed by atoms with van der Waals surface area (Å²) in [5.41, 5.74) is -0.107. The third-order valence-electron chi connectivity index (χ3n) is 2.56. The molecular formula is C12H11BClFN2O3S. The molecule has 0 aliphatic carbocycles. The fourth-order valence-electron chi connectivity index (χ4n) is 1.57. The van der Waals surface area contributed by atoms with E-state index in [1.54, 1.807) is 6.07 Å². The maximum atomic E-state index is 14.0. The van der Waals surface area contributed by atoms with Crippen LogP contribution in [-0.2, 0) is 0 Å². The van der Waals surface area contributed by atoms with Gasteiger partial charge in [-0.1, -0.05) is 23.7 Å². The highest BCUT2D eigenvalue weighted by atomic mass is 35.5. The highest BCUT2D eigenvalue weighted by Crippen LogP contribution is 2.30. The molecule has 110 valence electrons. The van der Waals surface area contributed by atoms with Gasteiger partial charge in [0.15, 0.2) is 0 Å². The lowest BCUT2D eigenvalue weighted by Gasteiger charge is -2.11. The van der Waals surface area contributed by atoms with Crippen LogP contribution < -0.4 is 14.9 Å². The summed E-state index contributed by atoms with van der Waals surface area (Å²) in [5, 5.41) is 18.5. The molecule has 0 saturated heterocycles. The number of methoxy groups -OCH3 is 1. The van der Waals surface area contributed by atoms with Crippen molar-refractivity contribution in [3.8, 4) is 5.88 Å². The monoisotopic (exact) mass is 328 g/mol. The highest BCUT2D eigenvalue weighted by Gasteiger charge is 2.19. The molecule has 3 N–H and O–H groups in total. The van der Waals surface area contributed by atoms with Crippen LogP contribution in [0, 0.1) is 5.82 Å². The van der Waals surface area contributed by atoms with Crippen LogP contribution in [0.25, 0.3) is 0 Å². The molecule has 1 aromatic carbocycles. The van der Waals surface area contributed by atoms with Crippen molar-refractivity contribution in [3.05, 3.63) is 41.3 Å². The van der Waals surface area contributed by atoms with Gasteiger partial charge in [0.2, 0.25) is 5.88 Å². The fourth-order valence-corrected chi connectivity index (χ4v) is 2.58. The van der Waals surface area contributed by atoms with Gasteiger partial charge in [0.25, 0.3) is 0 Å². The Balaban J connectivity index is 2.21. The van der Waals surface area contributed by atoms with Gasteiger partial charge in [-0.15, -0.1) is 0 Å². The van der Waals surface area contributed by atoms with Gasteiger partial charge in [0, 0.05) is 11.7 Å². The molecule has 0 bridgehead atoms. The molecule has 2 rings (SSSR count). The summed E-state index contributed by atoms with van der Waals surface area (Å²) in [5.74, 6) is -0.399. The number of hydrogen-bond donors (Lipinski definition) is 3. The second kappa shape index (κ2) is 6.99. The van der Waals surface area contributed by atoms with E-state index < -0.39 is 12.9 Å². The van der Waals surface area contributed by atoms with Gasteiger partial charge in [-0.05, 0) is 24.1 Å². The minimum Gasteiger partial charge on any atom is -0.480 e. The maximum absolute atomic E-state index is 14.0. The predicted octanol–water partition coefficient (Wildman–Crippen LogP) is 1.68. The zero-order valence-electron chi connectivity index (χ0n) is 10.9. The summed E-state index contributed by atoms with van der Waals surface area (Å²) in [6.07, 6.45) is 1.44. The van der Waals surface area contributed by atoms with Crippen LogP contribution in [0.1, 0.15) is 0 Å². The maximum Gasteiger partial charge on any atom is 0.491 e. The Morgan fingerprint density at radius 2 is 2.19 bits per heavy atom. The molecule has 0 radical (unpaired) electrons. The Morgan fingerprint density at radius 1 is 1.43 bits per heavy atom. The van der Waals surface area contributed by atoms with Gasteiger partial charge in [0.1, 0.15) is 5.82 Å². The zero-order chi connectivity index (χ0) is 15.4. The minimum atomic E-state index is -1.88. The van der Waals surface area contributed by atoms with E-state index in [9.17, 15) is 4.39 Å². The van der Waals surface area contributed by atoms with Crippen LogP contribution in [0.15, 0.2) is 35.4 Å². The second-order valence-electron chi connectivity index (χ2n) is 3.95. The molecule has 21 heavy (non-hydrogen) atoms. The Hall–Kier alpha value is -1.48. The first kappa shape index (κ1) is 15.9. The highest BCUT2D eigenvalue weighted by molar-refractivity contribution is 8.00. The molecular weight excluding hydrogens is 317 g/mol. The van der Waals surface area contributed by atoms with Gasteiger partial charge < -0.3 is 19.5 Å². The Bertz CT molecular complexity index is 648. The minimum absolute atomic E-state index is 0.104. The van der Waals surface area contributed by atoms with E-state index in [4.69, 9.17) is 26.4 Å². The first-order valence-corrected chi connectivity index (χ1v) is 6.99. The standard InChI is InChI=1S/C12H11BClFN2O3S/c1-20-12-10(5-7(14)6-16-12)21-17-9-4-2-3-8(11(9)15)13(18)19/h2-6,17-19H,1H3. The van der Waals surface area contributed by atoms with Crippen molar-refractivity contribution < 1.29 is 19.2 Å². The fraction of sp³-hybridized carbons (Fsp3) is 0.0833. The van der Waals surface area contributed by atoms with Crippen LogP contribution in [0.5, 0.6) is 5.88 Å². The number of pyridine rings is 1. The number of nitrogens with one attached hydrogen (secondary N) is 1. The number of halogens is 2. The van der Waals surface area contributed by atoms with E-state index >= 15 is 0 Å². The summed E-state index contributed by atoms with van der Waals surface area (Å²) in [4.78, 5) is 4.56. The Kier molecular flexibility index (Phi) is 5.30. The number of hydrogen-bond acceptors (Lipinski definition) is 6. The summed E-state index contributed by atoms with van der Waals surface area (Å²) < 4.78 is 21.9. The van der Waals surface area contributed by atoms with E-state index in [1.807, 2.05) is 0 Å². The number of aromatic nitrogens is 1. The molecule has 5 nitrogen and oxygen atoms in total. The molecule has 0 unspecified atom stereocenters. The van der Waals surface area contributed by atoms with Gasteiger partial charge in [0.05, 0.1) is 22.7 Å². The van der Waals surface area contributed by atoms with Crippen LogP contribution in [-0.4, -0.2) is 29.3 Å². The van der Waals surface area contributed by atoms with E-state index in [0.29, 0.717) is 15.8 Å². The van der Waals surface area contributed by atoms with E-state index in [-0.39, 0.29) is 11.2 Å². The number of rotatable bonds is 5. The molecule has 0 atom stereocenters. The largest absolute Gasteiger partial charge is 0.491 e. The van der Waals surface area contributed by atoms with Gasteiger partial charge in [-0.2, -0.15) is 0 Å². The molecule has 2 aromatic rings. The van der Waals surface area contributed by atoms with E-state index in [1.165, 1.54) is 31.5 Å². The van der Waals surface area contributed by atoms with Crippen LogP contribution in [0.3, 0.4) is 0 Å². The molecule has 1 aromatic heterocycles. The lowest BCUT2D eigenvalue weighted by molar-refractivity contribution is 0.387. The van der Waals surface area contributed by atoms with Crippen molar-refractivity contribution in [2.75, 3.05) is 11.8 Å². The van der Waals surface area contributed by atoms with Gasteiger partial charge >= 0.3 is 7.12 Å². The summed E-state index contributed by atoms with van der Waals surface area (Å²) in [6.45, 7) is 0. The zero-order valence-corrected chi connectivity index (χ0v) is 12.5. The second-order valence-corrected chi connectivity index (χ2v) is 5.23. The summed E-state index contributed by atoms with van der Waals surface area (Å²) in [6, 6.07) is 5.89. The molecule has 9 heteroatoms. The quantitative estimate of drug-likeness (QED) is 0.573. The number of benzene rings is 1. The topological polar surface area (TPSA) is 74.6 Å². The molecule has 0 aliphatic rings. The van der Waals surface area contributed by atoms with Crippen LogP contribution >= 0.6 is 23.5 Å². The first-order valence-electron chi connectivity index (χ1n) is 5.80. The van der Waals surface area contributed by atoms with Crippen molar-refractivity contribution in [1.29, 1.82) is 0 Å². The van der Waals surface area contributed by atoms with Crippen molar-refractivity contribution in [2.45, 2.75) is 4.90 Å². The van der Waals surface area contributed by atoms with Gasteiger partial charge in [-0.25, -0.2) is 9.37 Å². The van der Waals surface area contributed by atoms with Crippen molar-refractivity contribution in [3.63, 3.8) is 0 Å². The summed E-state index contributed by atoms with van der Waals surface area (Å²) >= 11 is 6.90. The third-order valence-corrected chi connectivity index (χ3v) is 3.60. The lowest BCUT2D eigenvalue weighted by atomic mass is 9.80. The third kappa shape index (κ3) is 3.79. The molecule has 0 aliphatic heterocycles. The Morgan fingerprint density at radius 3 is 2.86 bits per heavy atom. The molecule has 1 heterocycles. The molecule has 0 spiro atoms. The van der Waals surface area contributed by atoms with Crippen LogP contribution in [0.2, 0.25) is 5.02 Å². The predicted molar refractivity (Wildman–Crippen MR) is 81.5 cm³/mol. The van der Waals surface area contributed by atoms with Crippen molar-refractivity contribution >= 4 is 41.8 Å². The molecule has 0 saturated carbocycles. The average Bonchev–Trinajstić information content (AvgIpc) is 2.46. The number of nitrogens with zero attached hydrogens (tertiary/aromatic N) is 1. The van der Waals surface area contributed by atoms with Gasteiger partial charge in [-0.3, -0.25) is 0 Å². The molecule has 0 amide bonds. The first-order chi connectivity index (χ1) is 10.0. The van der Waals surface area contributed by atoms with Crippen molar-refractivity contribution in [1.82, 2.24) is 4.98 Å². The SMILES string of the molecule is COc1ncc(Cl)cc1SNc1cccc(B(O)O)c1F. The normalized spacial score (nSPS) is 10.3. The van der Waals surface area contributed by atoms with Crippen LogP contribution in [0.4, 0.5) is 10.1 Å². The lowest BCUT2D eigenvalue weighted by Crippen LogP contribution is -2.33. The average molecular weight is 329 g/mol. The van der Waals surface area contributed by atoms with Crippen molar-refractivity contribution in [2.24, 2.45) is 0 Å².